The van der Waals surface area contributed by atoms with Crippen molar-refractivity contribution in [3.8, 4) is 0 Å². The third-order valence-electron chi connectivity index (χ3n) is 3.41. The molecule has 0 aliphatic rings. The second kappa shape index (κ2) is 7.04. The van der Waals surface area contributed by atoms with Gasteiger partial charge in [-0.05, 0) is 36.1 Å². The molecule has 0 aliphatic carbocycles. The van der Waals surface area contributed by atoms with E-state index in [1.165, 1.54) is 10.4 Å². The molecule has 2 nitrogen and oxygen atoms in total. The van der Waals surface area contributed by atoms with Crippen molar-refractivity contribution < 1.29 is 4.79 Å². The van der Waals surface area contributed by atoms with Gasteiger partial charge in [0.1, 0.15) is 0 Å². The second-order valence-electron chi connectivity index (χ2n) is 4.88. The Hall–Kier alpha value is -1.13. The minimum absolute atomic E-state index is 0.0789. The van der Waals surface area contributed by atoms with E-state index >= 15 is 0 Å². The minimum atomic E-state index is 0.0789. The van der Waals surface area contributed by atoms with Crippen molar-refractivity contribution in [1.82, 2.24) is 4.90 Å². The predicted molar refractivity (Wildman–Crippen MR) is 88.7 cm³/mol. The van der Waals surface area contributed by atoms with Gasteiger partial charge >= 0.3 is 0 Å². The average molecular weight is 352 g/mol. The molecule has 0 saturated carbocycles. The van der Waals surface area contributed by atoms with Gasteiger partial charge in [0.05, 0.1) is 0 Å². The van der Waals surface area contributed by atoms with E-state index < -0.39 is 0 Å². The van der Waals surface area contributed by atoms with Crippen molar-refractivity contribution in [2.45, 2.75) is 24.7 Å². The Morgan fingerprint density at radius 1 is 1.30 bits per heavy atom. The Morgan fingerprint density at radius 3 is 2.55 bits per heavy atom. The standard InChI is InChI=1S/C16H18BrNOS/c1-12(10-15-4-3-9-20-15)18(2)16(19)14-7-5-13(11-17)6-8-14/h3-9,12H,10-11H2,1-2H3. The van der Waals surface area contributed by atoms with Crippen LogP contribution in [0.25, 0.3) is 0 Å². The molecule has 0 spiro atoms. The molecule has 4 heteroatoms. The summed E-state index contributed by atoms with van der Waals surface area (Å²) in [7, 11) is 1.87. The van der Waals surface area contributed by atoms with Gasteiger partial charge in [0.15, 0.2) is 0 Å². The molecular weight excluding hydrogens is 334 g/mol. The molecule has 106 valence electrons. The second-order valence-corrected chi connectivity index (χ2v) is 6.47. The summed E-state index contributed by atoms with van der Waals surface area (Å²) in [5, 5.41) is 2.88. The summed E-state index contributed by atoms with van der Waals surface area (Å²) >= 11 is 5.15. The molecule has 1 aromatic carbocycles. The lowest BCUT2D eigenvalue weighted by Crippen LogP contribution is -2.36. The van der Waals surface area contributed by atoms with Gasteiger partial charge in [-0.15, -0.1) is 11.3 Å². The van der Waals surface area contributed by atoms with Gasteiger partial charge in [-0.25, -0.2) is 0 Å². The first kappa shape index (κ1) is 15.3. The maximum atomic E-state index is 12.4. The first-order chi connectivity index (χ1) is 9.61. The summed E-state index contributed by atoms with van der Waals surface area (Å²) in [6.45, 7) is 2.09. The lowest BCUT2D eigenvalue weighted by Gasteiger charge is -2.24. The number of amides is 1. The summed E-state index contributed by atoms with van der Waals surface area (Å²) in [4.78, 5) is 15.6. The van der Waals surface area contributed by atoms with Gasteiger partial charge in [-0.2, -0.15) is 0 Å². The summed E-state index contributed by atoms with van der Waals surface area (Å²) < 4.78 is 0. The molecule has 20 heavy (non-hydrogen) atoms. The monoisotopic (exact) mass is 351 g/mol. The fourth-order valence-electron chi connectivity index (χ4n) is 2.00. The Morgan fingerprint density at radius 2 is 2.00 bits per heavy atom. The lowest BCUT2D eigenvalue weighted by atomic mass is 10.1. The molecule has 0 bridgehead atoms. The molecule has 0 saturated heterocycles. The third-order valence-corrected chi connectivity index (χ3v) is 4.96. The van der Waals surface area contributed by atoms with Crippen LogP contribution in [0.3, 0.4) is 0 Å². The quantitative estimate of drug-likeness (QED) is 0.733. The van der Waals surface area contributed by atoms with Gasteiger partial charge < -0.3 is 4.90 Å². The van der Waals surface area contributed by atoms with Crippen molar-refractivity contribution in [1.29, 1.82) is 0 Å². The lowest BCUT2D eigenvalue weighted by molar-refractivity contribution is 0.0744. The number of alkyl halides is 1. The molecule has 1 atom stereocenters. The van der Waals surface area contributed by atoms with E-state index in [0.29, 0.717) is 0 Å². The molecule has 1 amide bonds. The van der Waals surface area contributed by atoms with E-state index in [-0.39, 0.29) is 11.9 Å². The van der Waals surface area contributed by atoms with Crippen LogP contribution < -0.4 is 0 Å². The maximum absolute atomic E-state index is 12.4. The van der Waals surface area contributed by atoms with E-state index in [1.54, 1.807) is 11.3 Å². The van der Waals surface area contributed by atoms with Gasteiger partial charge in [0, 0.05) is 35.3 Å². The normalized spacial score (nSPS) is 12.2. The topological polar surface area (TPSA) is 20.3 Å². The van der Waals surface area contributed by atoms with Crippen molar-refractivity contribution in [2.24, 2.45) is 0 Å². The van der Waals surface area contributed by atoms with E-state index in [2.05, 4.69) is 34.3 Å². The number of halogens is 1. The molecule has 1 unspecified atom stereocenters. The zero-order valence-corrected chi connectivity index (χ0v) is 14.1. The predicted octanol–water partition coefficient (Wildman–Crippen LogP) is 4.35. The fourth-order valence-corrected chi connectivity index (χ4v) is 3.20. The van der Waals surface area contributed by atoms with Crippen molar-refractivity contribution in [3.63, 3.8) is 0 Å². The molecule has 0 N–H and O–H groups in total. The number of benzene rings is 1. The van der Waals surface area contributed by atoms with E-state index in [9.17, 15) is 4.79 Å². The van der Waals surface area contributed by atoms with Gasteiger partial charge in [-0.3, -0.25) is 4.79 Å². The number of carbonyl (C=O) groups is 1. The number of rotatable bonds is 5. The Kier molecular flexibility index (Phi) is 5.38. The van der Waals surface area contributed by atoms with Crippen LogP contribution in [0.1, 0.15) is 27.7 Å². The number of nitrogens with zero attached hydrogens (tertiary/aromatic N) is 1. The molecule has 1 aromatic heterocycles. The smallest absolute Gasteiger partial charge is 0.253 e. The van der Waals surface area contributed by atoms with Crippen LogP contribution in [-0.4, -0.2) is 23.9 Å². The van der Waals surface area contributed by atoms with Crippen LogP contribution in [0.4, 0.5) is 0 Å². The first-order valence-electron chi connectivity index (χ1n) is 6.56. The van der Waals surface area contributed by atoms with Crippen LogP contribution in [0.15, 0.2) is 41.8 Å². The van der Waals surface area contributed by atoms with Crippen LogP contribution in [0.2, 0.25) is 0 Å². The molecule has 0 radical (unpaired) electrons. The Labute approximate surface area is 132 Å². The number of carbonyl (C=O) groups excluding carboxylic acids is 1. The molecule has 0 fully saturated rings. The van der Waals surface area contributed by atoms with E-state index in [1.807, 2.05) is 42.3 Å². The average Bonchev–Trinajstić information content (AvgIpc) is 2.98. The van der Waals surface area contributed by atoms with Gasteiger partial charge in [0.25, 0.3) is 5.91 Å². The van der Waals surface area contributed by atoms with Gasteiger partial charge in [0.2, 0.25) is 0 Å². The fraction of sp³-hybridized carbons (Fsp3) is 0.312. The van der Waals surface area contributed by atoms with Crippen molar-refractivity contribution in [3.05, 3.63) is 57.8 Å². The zero-order valence-electron chi connectivity index (χ0n) is 11.7. The molecule has 1 heterocycles. The van der Waals surface area contributed by atoms with Crippen LogP contribution in [0, 0.1) is 0 Å². The van der Waals surface area contributed by atoms with Crippen LogP contribution in [-0.2, 0) is 11.8 Å². The van der Waals surface area contributed by atoms with Crippen LogP contribution in [0.5, 0.6) is 0 Å². The SMILES string of the molecule is CC(Cc1cccs1)N(C)C(=O)c1ccc(CBr)cc1. The molecular formula is C16H18BrNOS. The molecule has 0 aliphatic heterocycles. The van der Waals surface area contributed by atoms with Crippen molar-refractivity contribution >= 4 is 33.2 Å². The highest BCUT2D eigenvalue weighted by atomic mass is 79.9. The Balaban J connectivity index is 2.03. The van der Waals surface area contributed by atoms with Gasteiger partial charge in [-0.1, -0.05) is 34.1 Å². The van der Waals surface area contributed by atoms with Crippen LogP contribution >= 0.6 is 27.3 Å². The summed E-state index contributed by atoms with van der Waals surface area (Å²) in [6, 6.07) is 12.1. The largest absolute Gasteiger partial charge is 0.339 e. The molecule has 2 aromatic rings. The zero-order chi connectivity index (χ0) is 14.5. The minimum Gasteiger partial charge on any atom is -0.339 e. The number of hydrogen-bond donors (Lipinski definition) is 0. The van der Waals surface area contributed by atoms with Crippen molar-refractivity contribution in [2.75, 3.05) is 7.05 Å². The van der Waals surface area contributed by atoms with E-state index in [0.717, 1.165) is 17.3 Å². The summed E-state index contributed by atoms with van der Waals surface area (Å²) in [5.41, 5.74) is 1.92. The highest BCUT2D eigenvalue weighted by molar-refractivity contribution is 9.08. The Bertz CT molecular complexity index is 550. The maximum Gasteiger partial charge on any atom is 0.253 e. The number of hydrogen-bond acceptors (Lipinski definition) is 2. The first-order valence-corrected chi connectivity index (χ1v) is 8.56. The number of thiophene rings is 1. The summed E-state index contributed by atoms with van der Waals surface area (Å²) in [5.74, 6) is 0.0789. The number of likely N-dealkylation sites (N-methyl/N-ethyl adjacent to an activating group) is 1. The van der Waals surface area contributed by atoms with E-state index in [4.69, 9.17) is 0 Å². The third kappa shape index (κ3) is 3.70. The highest BCUT2D eigenvalue weighted by Crippen LogP contribution is 2.16. The summed E-state index contributed by atoms with van der Waals surface area (Å²) in [6.07, 6.45) is 0.902. The molecule has 2 rings (SSSR count). The highest BCUT2D eigenvalue weighted by Gasteiger charge is 2.18.